The predicted octanol–water partition coefficient (Wildman–Crippen LogP) is 2.60. The van der Waals surface area contributed by atoms with Crippen LogP contribution in [-0.4, -0.2) is 44.0 Å². The minimum absolute atomic E-state index is 0. The molecule has 1 aromatic heterocycles. The number of rotatable bonds is 7. The van der Waals surface area contributed by atoms with Gasteiger partial charge >= 0.3 is 0 Å². The summed E-state index contributed by atoms with van der Waals surface area (Å²) in [6.07, 6.45) is 2.21. The number of hydrogen-bond acceptors (Lipinski definition) is 3. The van der Waals surface area contributed by atoms with E-state index in [2.05, 4.69) is 41.6 Å². The normalized spacial score (nSPS) is 10.8. The third-order valence-electron chi connectivity index (χ3n) is 2.92. The van der Waals surface area contributed by atoms with Crippen molar-refractivity contribution < 1.29 is 4.79 Å². The molecule has 126 valence electrons. The van der Waals surface area contributed by atoms with Crippen molar-refractivity contribution >= 4 is 47.2 Å². The van der Waals surface area contributed by atoms with Gasteiger partial charge in [-0.3, -0.25) is 4.79 Å². The van der Waals surface area contributed by atoms with E-state index in [1.165, 1.54) is 9.75 Å². The summed E-state index contributed by atoms with van der Waals surface area (Å²) in [5.74, 6) is 0.697. The number of nitrogens with one attached hydrogen (secondary N) is 2. The number of carbonyl (C=O) groups is 1. The molecule has 5 nitrogen and oxygen atoms in total. The van der Waals surface area contributed by atoms with Crippen LogP contribution >= 0.6 is 35.3 Å². The van der Waals surface area contributed by atoms with Gasteiger partial charge in [-0.05, 0) is 25.5 Å². The number of halogens is 1. The van der Waals surface area contributed by atoms with Crippen molar-refractivity contribution in [3.05, 3.63) is 21.9 Å². The van der Waals surface area contributed by atoms with Gasteiger partial charge in [-0.25, -0.2) is 4.99 Å². The van der Waals surface area contributed by atoms with E-state index in [4.69, 9.17) is 0 Å². The Bertz CT molecular complexity index is 474. The lowest BCUT2D eigenvalue weighted by atomic mass is 10.3. The van der Waals surface area contributed by atoms with Gasteiger partial charge in [-0.15, -0.1) is 35.3 Å². The lowest BCUT2D eigenvalue weighted by Crippen LogP contribution is -2.38. The smallest absolute Gasteiger partial charge is 0.243 e. The number of nitrogens with zero attached hydrogens (tertiary/aromatic N) is 2. The van der Waals surface area contributed by atoms with Crippen LogP contribution in [0.3, 0.4) is 0 Å². The lowest BCUT2D eigenvalue weighted by Gasteiger charge is -2.13. The Morgan fingerprint density at radius 1 is 1.32 bits per heavy atom. The van der Waals surface area contributed by atoms with E-state index in [1.807, 2.05) is 0 Å². The maximum atomic E-state index is 11.6. The second-order valence-corrected chi connectivity index (χ2v) is 6.47. The quantitative estimate of drug-likeness (QED) is 0.298. The highest BCUT2D eigenvalue weighted by Crippen LogP contribution is 2.14. The summed E-state index contributed by atoms with van der Waals surface area (Å²) in [6.45, 7) is 6.00. The van der Waals surface area contributed by atoms with Gasteiger partial charge in [0.2, 0.25) is 5.91 Å². The largest absolute Gasteiger partial charge is 0.356 e. The number of hydrogen-bond donors (Lipinski definition) is 2. The van der Waals surface area contributed by atoms with Crippen LogP contribution in [0, 0.1) is 6.92 Å². The topological polar surface area (TPSA) is 56.7 Å². The van der Waals surface area contributed by atoms with Gasteiger partial charge in [-0.1, -0.05) is 13.3 Å². The molecule has 22 heavy (non-hydrogen) atoms. The zero-order valence-electron chi connectivity index (χ0n) is 13.8. The molecule has 0 spiro atoms. The van der Waals surface area contributed by atoms with Gasteiger partial charge < -0.3 is 15.5 Å². The number of thiophene rings is 1. The highest BCUT2D eigenvalue weighted by atomic mass is 127. The predicted molar refractivity (Wildman–Crippen MR) is 105 cm³/mol. The van der Waals surface area contributed by atoms with E-state index < -0.39 is 0 Å². The molecular formula is C15H27IN4OS. The third-order valence-corrected chi connectivity index (χ3v) is 3.92. The molecule has 0 atom stereocenters. The summed E-state index contributed by atoms with van der Waals surface area (Å²) in [5, 5.41) is 6.55. The average molecular weight is 438 g/mol. The van der Waals surface area contributed by atoms with E-state index in [9.17, 15) is 4.79 Å². The third kappa shape index (κ3) is 8.57. The second kappa shape index (κ2) is 11.7. The Kier molecular flexibility index (Phi) is 11.3. The summed E-state index contributed by atoms with van der Waals surface area (Å²) in [7, 11) is 3.48. The first-order chi connectivity index (χ1) is 10.0. The number of carbonyl (C=O) groups excluding carboxylic acids is 1. The van der Waals surface area contributed by atoms with E-state index in [-0.39, 0.29) is 36.4 Å². The summed E-state index contributed by atoms with van der Waals surface area (Å²) in [4.78, 5) is 20.1. The molecule has 0 aliphatic heterocycles. The van der Waals surface area contributed by atoms with Gasteiger partial charge in [0.1, 0.15) is 6.54 Å². The van der Waals surface area contributed by atoms with Crippen LogP contribution in [0.4, 0.5) is 0 Å². The van der Waals surface area contributed by atoms with Gasteiger partial charge in [0.25, 0.3) is 0 Å². The number of likely N-dealkylation sites (N-methyl/N-ethyl adjacent to an activating group) is 1. The second-order valence-electron chi connectivity index (χ2n) is 5.10. The first-order valence-electron chi connectivity index (χ1n) is 7.30. The Morgan fingerprint density at radius 3 is 2.59 bits per heavy atom. The van der Waals surface area contributed by atoms with Crippen LogP contribution < -0.4 is 10.6 Å². The monoisotopic (exact) mass is 438 g/mol. The van der Waals surface area contributed by atoms with E-state index in [0.29, 0.717) is 5.96 Å². The van der Waals surface area contributed by atoms with E-state index >= 15 is 0 Å². The summed E-state index contributed by atoms with van der Waals surface area (Å²) in [5.41, 5.74) is 0. The fourth-order valence-electron chi connectivity index (χ4n) is 1.60. The fourth-order valence-corrected chi connectivity index (χ4v) is 2.43. The Hall–Kier alpha value is -0.830. The Balaban J connectivity index is 0.00000441. The molecule has 0 bridgehead atoms. The minimum atomic E-state index is -0.00133. The van der Waals surface area contributed by atoms with Crippen molar-refractivity contribution in [3.63, 3.8) is 0 Å². The van der Waals surface area contributed by atoms with Crippen molar-refractivity contribution in [2.75, 3.05) is 27.2 Å². The summed E-state index contributed by atoms with van der Waals surface area (Å²) in [6, 6.07) is 4.22. The fraction of sp³-hybridized carbons (Fsp3) is 0.600. The molecular weight excluding hydrogens is 411 g/mol. The summed E-state index contributed by atoms with van der Waals surface area (Å²) >= 11 is 1.77. The maximum Gasteiger partial charge on any atom is 0.243 e. The molecule has 1 heterocycles. The molecule has 0 fully saturated rings. The molecule has 0 unspecified atom stereocenters. The molecule has 2 N–H and O–H groups in total. The van der Waals surface area contributed by atoms with Crippen molar-refractivity contribution in [2.45, 2.75) is 33.2 Å². The van der Waals surface area contributed by atoms with Gasteiger partial charge in [0.15, 0.2) is 5.96 Å². The molecule has 7 heteroatoms. The highest BCUT2D eigenvalue weighted by Gasteiger charge is 2.05. The van der Waals surface area contributed by atoms with Gasteiger partial charge in [0.05, 0.1) is 6.54 Å². The van der Waals surface area contributed by atoms with Crippen LogP contribution in [0.25, 0.3) is 0 Å². The van der Waals surface area contributed by atoms with Crippen LogP contribution in [0.5, 0.6) is 0 Å². The number of amides is 1. The zero-order chi connectivity index (χ0) is 15.7. The number of aliphatic imine (C=N–C) groups is 1. The van der Waals surface area contributed by atoms with Crippen molar-refractivity contribution in [1.82, 2.24) is 15.5 Å². The first-order valence-corrected chi connectivity index (χ1v) is 8.12. The number of unbranched alkanes of at least 4 members (excludes halogenated alkanes) is 1. The van der Waals surface area contributed by atoms with Crippen molar-refractivity contribution in [1.29, 1.82) is 0 Å². The maximum absolute atomic E-state index is 11.6. The van der Waals surface area contributed by atoms with Crippen LogP contribution in [-0.2, 0) is 11.3 Å². The zero-order valence-corrected chi connectivity index (χ0v) is 17.0. The van der Waals surface area contributed by atoms with Gasteiger partial charge in [-0.2, -0.15) is 0 Å². The summed E-state index contributed by atoms with van der Waals surface area (Å²) < 4.78 is 0. The molecule has 0 aliphatic rings. The number of guanidine groups is 1. The lowest BCUT2D eigenvalue weighted by molar-refractivity contribution is -0.127. The van der Waals surface area contributed by atoms with Crippen LogP contribution in [0.2, 0.25) is 0 Å². The molecule has 0 aromatic carbocycles. The van der Waals surface area contributed by atoms with Gasteiger partial charge in [0, 0.05) is 30.4 Å². The first kappa shape index (κ1) is 21.2. The van der Waals surface area contributed by atoms with E-state index in [0.717, 1.165) is 25.9 Å². The molecule has 0 saturated carbocycles. The molecule has 0 saturated heterocycles. The molecule has 0 radical (unpaired) electrons. The van der Waals surface area contributed by atoms with Crippen LogP contribution in [0.1, 0.15) is 29.5 Å². The van der Waals surface area contributed by atoms with Crippen LogP contribution in [0.15, 0.2) is 17.1 Å². The Morgan fingerprint density at radius 2 is 2.05 bits per heavy atom. The van der Waals surface area contributed by atoms with Crippen molar-refractivity contribution in [3.8, 4) is 0 Å². The molecule has 1 aromatic rings. The molecule has 1 amide bonds. The highest BCUT2D eigenvalue weighted by molar-refractivity contribution is 14.0. The number of aryl methyl sites for hydroxylation is 1. The van der Waals surface area contributed by atoms with E-state index in [1.54, 1.807) is 30.3 Å². The van der Waals surface area contributed by atoms with Crippen molar-refractivity contribution in [2.24, 2.45) is 4.99 Å². The molecule has 0 aliphatic carbocycles. The molecule has 1 rings (SSSR count). The Labute approximate surface area is 154 Å². The standard InChI is InChI=1S/C15H26N4OS.HI/c1-5-6-9-16-15(18-11-14(20)19(3)4)17-10-13-8-7-12(2)21-13;/h7-8H,5-6,9-11H2,1-4H3,(H2,16,17,18);1H. The SMILES string of the molecule is CCCCNC(=NCC(=O)N(C)C)NCc1ccc(C)s1.I. The minimum Gasteiger partial charge on any atom is -0.356 e. The average Bonchev–Trinajstić information content (AvgIpc) is 2.86.